The minimum absolute atomic E-state index is 0.0421. The number of hydrogen-bond donors (Lipinski definition) is 1. The Morgan fingerprint density at radius 2 is 1.94 bits per heavy atom. The quantitative estimate of drug-likeness (QED) is 0.895. The summed E-state index contributed by atoms with van der Waals surface area (Å²) < 4.78 is 5.77. The van der Waals surface area contributed by atoms with Crippen molar-refractivity contribution in [3.05, 3.63) is 33.8 Å². The maximum atomic E-state index is 6.17. The third-order valence-electron chi connectivity index (χ3n) is 2.36. The molecule has 0 saturated heterocycles. The molecule has 0 aliphatic heterocycles. The van der Waals surface area contributed by atoms with Crippen LogP contribution in [0.3, 0.4) is 0 Å². The topological polar surface area (TPSA) is 21.3 Å². The van der Waals surface area contributed by atoms with Crippen molar-refractivity contribution >= 4 is 23.2 Å². The highest BCUT2D eigenvalue weighted by molar-refractivity contribution is 6.33. The Labute approximate surface area is 113 Å². The molecule has 0 amide bonds. The highest BCUT2D eigenvalue weighted by Gasteiger charge is 2.18. The van der Waals surface area contributed by atoms with Gasteiger partial charge in [0.25, 0.3) is 0 Å². The normalized spacial score (nSPS) is 13.8. The van der Waals surface area contributed by atoms with Gasteiger partial charge < -0.3 is 10.1 Å². The third-order valence-corrected chi connectivity index (χ3v) is 2.94. The van der Waals surface area contributed by atoms with Gasteiger partial charge in [0.2, 0.25) is 0 Å². The van der Waals surface area contributed by atoms with Gasteiger partial charge in [0.15, 0.2) is 0 Å². The number of likely N-dealkylation sites (N-methyl/N-ethyl adjacent to an activating group) is 1. The van der Waals surface area contributed by atoms with Crippen molar-refractivity contribution in [1.29, 1.82) is 0 Å². The molecule has 0 aliphatic rings. The van der Waals surface area contributed by atoms with Crippen LogP contribution in [0.5, 0.6) is 0 Å². The number of benzene rings is 1. The first-order valence-electron chi connectivity index (χ1n) is 5.59. The maximum absolute atomic E-state index is 6.17. The Bertz CT molecular complexity index is 374. The molecule has 1 aromatic carbocycles. The van der Waals surface area contributed by atoms with E-state index in [2.05, 4.69) is 5.32 Å². The average Bonchev–Trinajstić information content (AvgIpc) is 2.22. The maximum Gasteiger partial charge on any atom is 0.0669 e. The van der Waals surface area contributed by atoms with Crippen LogP contribution in [0, 0.1) is 0 Å². The SMILES string of the molecule is CNC(COC(C)(C)C)c1cc(Cl)ccc1Cl. The lowest BCUT2D eigenvalue weighted by Crippen LogP contribution is -2.28. The Kier molecular flexibility index (Phi) is 5.26. The Morgan fingerprint density at radius 1 is 1.29 bits per heavy atom. The zero-order valence-electron chi connectivity index (χ0n) is 10.7. The van der Waals surface area contributed by atoms with Gasteiger partial charge in [0, 0.05) is 10.0 Å². The van der Waals surface area contributed by atoms with Crippen LogP contribution in [0.1, 0.15) is 32.4 Å². The summed E-state index contributed by atoms with van der Waals surface area (Å²) in [5.41, 5.74) is 0.797. The molecule has 1 rings (SSSR count). The molecule has 0 radical (unpaired) electrons. The zero-order valence-corrected chi connectivity index (χ0v) is 12.2. The average molecular weight is 276 g/mol. The fourth-order valence-corrected chi connectivity index (χ4v) is 1.87. The second kappa shape index (κ2) is 6.05. The summed E-state index contributed by atoms with van der Waals surface area (Å²) >= 11 is 12.1. The summed E-state index contributed by atoms with van der Waals surface area (Å²) in [5.74, 6) is 0. The largest absolute Gasteiger partial charge is 0.374 e. The molecule has 0 bridgehead atoms. The van der Waals surface area contributed by atoms with E-state index in [0.29, 0.717) is 16.7 Å². The summed E-state index contributed by atoms with van der Waals surface area (Å²) in [4.78, 5) is 0. The molecular weight excluding hydrogens is 257 g/mol. The lowest BCUT2D eigenvalue weighted by Gasteiger charge is -2.25. The van der Waals surface area contributed by atoms with E-state index >= 15 is 0 Å². The highest BCUT2D eigenvalue weighted by atomic mass is 35.5. The Morgan fingerprint density at radius 3 is 2.47 bits per heavy atom. The number of halogens is 2. The lowest BCUT2D eigenvalue weighted by atomic mass is 10.1. The van der Waals surface area contributed by atoms with Crippen LogP contribution in [-0.2, 0) is 4.74 Å². The first-order chi connectivity index (χ1) is 7.83. The van der Waals surface area contributed by atoms with Gasteiger partial charge in [-0.15, -0.1) is 0 Å². The fourth-order valence-electron chi connectivity index (χ4n) is 1.44. The van der Waals surface area contributed by atoms with Crippen LogP contribution >= 0.6 is 23.2 Å². The predicted molar refractivity (Wildman–Crippen MR) is 74.0 cm³/mol. The minimum atomic E-state index is -0.167. The van der Waals surface area contributed by atoms with Crippen molar-refractivity contribution in [2.45, 2.75) is 32.4 Å². The van der Waals surface area contributed by atoms with Gasteiger partial charge in [-0.2, -0.15) is 0 Å². The van der Waals surface area contributed by atoms with Crippen molar-refractivity contribution in [2.75, 3.05) is 13.7 Å². The van der Waals surface area contributed by atoms with E-state index in [1.165, 1.54) is 0 Å². The molecule has 0 aromatic heterocycles. The van der Waals surface area contributed by atoms with Crippen molar-refractivity contribution in [2.24, 2.45) is 0 Å². The molecule has 0 heterocycles. The monoisotopic (exact) mass is 275 g/mol. The van der Waals surface area contributed by atoms with Crippen LogP contribution < -0.4 is 5.32 Å². The first-order valence-corrected chi connectivity index (χ1v) is 6.35. The molecule has 1 atom stereocenters. The van der Waals surface area contributed by atoms with E-state index in [9.17, 15) is 0 Å². The van der Waals surface area contributed by atoms with Gasteiger partial charge in [-0.25, -0.2) is 0 Å². The van der Waals surface area contributed by atoms with E-state index < -0.39 is 0 Å². The van der Waals surface area contributed by atoms with Gasteiger partial charge >= 0.3 is 0 Å². The number of ether oxygens (including phenoxy) is 1. The van der Waals surface area contributed by atoms with Gasteiger partial charge in [-0.3, -0.25) is 0 Å². The van der Waals surface area contributed by atoms with Gasteiger partial charge in [-0.1, -0.05) is 23.2 Å². The molecule has 17 heavy (non-hydrogen) atoms. The fraction of sp³-hybridized carbons (Fsp3) is 0.538. The minimum Gasteiger partial charge on any atom is -0.374 e. The Hall–Kier alpha value is -0.280. The number of hydrogen-bond acceptors (Lipinski definition) is 2. The van der Waals surface area contributed by atoms with Crippen LogP contribution in [0.4, 0.5) is 0 Å². The summed E-state index contributed by atoms with van der Waals surface area (Å²) in [6, 6.07) is 5.50. The summed E-state index contributed by atoms with van der Waals surface area (Å²) in [6.07, 6.45) is 0. The molecule has 0 saturated carbocycles. The van der Waals surface area contributed by atoms with Crippen LogP contribution in [0.2, 0.25) is 10.0 Å². The molecule has 1 aromatic rings. The highest BCUT2D eigenvalue weighted by Crippen LogP contribution is 2.27. The van der Waals surface area contributed by atoms with E-state index in [1.807, 2.05) is 33.9 Å². The van der Waals surface area contributed by atoms with Gasteiger partial charge in [-0.05, 0) is 51.6 Å². The molecule has 4 heteroatoms. The molecule has 1 unspecified atom stereocenters. The summed E-state index contributed by atoms with van der Waals surface area (Å²) in [5, 5.41) is 4.57. The van der Waals surface area contributed by atoms with Crippen molar-refractivity contribution in [3.8, 4) is 0 Å². The molecule has 96 valence electrons. The number of nitrogens with one attached hydrogen (secondary N) is 1. The second-order valence-electron chi connectivity index (χ2n) is 4.93. The zero-order chi connectivity index (χ0) is 13.1. The second-order valence-corrected chi connectivity index (χ2v) is 5.77. The first kappa shape index (κ1) is 14.8. The van der Waals surface area contributed by atoms with E-state index in [4.69, 9.17) is 27.9 Å². The van der Waals surface area contributed by atoms with Crippen molar-refractivity contribution in [1.82, 2.24) is 5.32 Å². The molecular formula is C13H19Cl2NO. The van der Waals surface area contributed by atoms with Crippen LogP contribution in [0.25, 0.3) is 0 Å². The van der Waals surface area contributed by atoms with Crippen LogP contribution in [-0.4, -0.2) is 19.3 Å². The van der Waals surface area contributed by atoms with E-state index in [0.717, 1.165) is 5.56 Å². The predicted octanol–water partition coefficient (Wildman–Crippen LogP) is 4.07. The summed E-state index contributed by atoms with van der Waals surface area (Å²) in [6.45, 7) is 6.64. The van der Waals surface area contributed by atoms with Gasteiger partial charge in [0.1, 0.15) is 0 Å². The molecule has 1 N–H and O–H groups in total. The number of rotatable bonds is 4. The van der Waals surface area contributed by atoms with E-state index in [-0.39, 0.29) is 11.6 Å². The van der Waals surface area contributed by atoms with Gasteiger partial charge in [0.05, 0.1) is 18.2 Å². The summed E-state index contributed by atoms with van der Waals surface area (Å²) in [7, 11) is 1.88. The Balaban J connectivity index is 2.82. The molecule has 0 aliphatic carbocycles. The smallest absolute Gasteiger partial charge is 0.0669 e. The van der Waals surface area contributed by atoms with Crippen molar-refractivity contribution < 1.29 is 4.74 Å². The van der Waals surface area contributed by atoms with E-state index in [1.54, 1.807) is 12.1 Å². The third kappa shape index (κ3) is 4.84. The molecule has 0 spiro atoms. The molecule has 0 fully saturated rings. The molecule has 2 nitrogen and oxygen atoms in total. The van der Waals surface area contributed by atoms with Crippen molar-refractivity contribution in [3.63, 3.8) is 0 Å². The standard InChI is InChI=1S/C13H19Cl2NO/c1-13(2,3)17-8-12(16-4)10-7-9(14)5-6-11(10)15/h5-7,12,16H,8H2,1-4H3. The lowest BCUT2D eigenvalue weighted by molar-refractivity contribution is -0.0139. The van der Waals surface area contributed by atoms with Crippen LogP contribution in [0.15, 0.2) is 18.2 Å².